The van der Waals surface area contributed by atoms with Gasteiger partial charge in [0.2, 0.25) is 0 Å². The number of nitrogens with zero attached hydrogens (tertiary/aromatic N) is 1. The van der Waals surface area contributed by atoms with Crippen molar-refractivity contribution in [2.24, 2.45) is 0 Å². The molecule has 0 fully saturated rings. The normalized spacial score (nSPS) is 11.3. The molecular formula is C19H22N2S. The molecule has 1 aromatic heterocycles. The van der Waals surface area contributed by atoms with Crippen molar-refractivity contribution in [1.82, 2.24) is 9.97 Å². The average Bonchev–Trinajstić information content (AvgIpc) is 2.94. The Morgan fingerprint density at radius 3 is 2.09 bits per heavy atom. The predicted octanol–water partition coefficient (Wildman–Crippen LogP) is 5.40. The third-order valence-electron chi connectivity index (χ3n) is 4.88. The van der Waals surface area contributed by atoms with E-state index in [0.717, 1.165) is 21.9 Å². The summed E-state index contributed by atoms with van der Waals surface area (Å²) in [5, 5.41) is 0.996. The number of hydrogen-bond donors (Lipinski definition) is 1. The van der Waals surface area contributed by atoms with Crippen molar-refractivity contribution >= 4 is 22.8 Å². The molecule has 2 aromatic carbocycles. The van der Waals surface area contributed by atoms with Crippen LogP contribution in [-0.4, -0.2) is 9.97 Å². The Bertz CT molecular complexity index is 784. The molecule has 0 aliphatic heterocycles. The van der Waals surface area contributed by atoms with Crippen LogP contribution >= 0.6 is 11.8 Å². The first-order valence-corrected chi connectivity index (χ1v) is 8.61. The van der Waals surface area contributed by atoms with E-state index < -0.39 is 0 Å². The molecule has 22 heavy (non-hydrogen) atoms. The van der Waals surface area contributed by atoms with Gasteiger partial charge in [0.25, 0.3) is 0 Å². The first-order valence-electron chi connectivity index (χ1n) is 7.62. The largest absolute Gasteiger partial charge is 0.333 e. The first kappa shape index (κ1) is 15.2. The van der Waals surface area contributed by atoms with Crippen molar-refractivity contribution in [2.45, 2.75) is 45.5 Å². The zero-order valence-electron chi connectivity index (χ0n) is 13.9. The van der Waals surface area contributed by atoms with Gasteiger partial charge in [0, 0.05) is 5.75 Å². The molecule has 0 amide bonds. The van der Waals surface area contributed by atoms with Crippen LogP contribution < -0.4 is 0 Å². The van der Waals surface area contributed by atoms with Crippen LogP contribution in [-0.2, 0) is 5.75 Å². The molecule has 1 heterocycles. The second-order valence-corrected chi connectivity index (χ2v) is 6.92. The van der Waals surface area contributed by atoms with Gasteiger partial charge in [0.15, 0.2) is 5.16 Å². The molecule has 114 valence electrons. The summed E-state index contributed by atoms with van der Waals surface area (Å²) in [5.41, 5.74) is 10.7. The third kappa shape index (κ3) is 2.54. The summed E-state index contributed by atoms with van der Waals surface area (Å²) in [6.07, 6.45) is 0. The molecule has 0 bridgehead atoms. The molecule has 3 aromatic rings. The first-order chi connectivity index (χ1) is 10.5. The van der Waals surface area contributed by atoms with Gasteiger partial charge in [-0.05, 0) is 80.1 Å². The molecule has 0 radical (unpaired) electrons. The fraction of sp³-hybridized carbons (Fsp3) is 0.316. The van der Waals surface area contributed by atoms with Gasteiger partial charge in [-0.25, -0.2) is 4.98 Å². The van der Waals surface area contributed by atoms with Gasteiger partial charge in [-0.15, -0.1) is 0 Å². The fourth-order valence-electron chi connectivity index (χ4n) is 2.93. The minimum atomic E-state index is 0.958. The van der Waals surface area contributed by atoms with Gasteiger partial charge < -0.3 is 4.98 Å². The van der Waals surface area contributed by atoms with E-state index in [-0.39, 0.29) is 0 Å². The maximum Gasteiger partial charge on any atom is 0.166 e. The van der Waals surface area contributed by atoms with E-state index in [1.54, 1.807) is 11.8 Å². The minimum absolute atomic E-state index is 0.958. The lowest BCUT2D eigenvalue weighted by Gasteiger charge is -2.18. The van der Waals surface area contributed by atoms with Crippen LogP contribution in [0.25, 0.3) is 11.0 Å². The Balaban J connectivity index is 1.90. The monoisotopic (exact) mass is 310 g/mol. The van der Waals surface area contributed by atoms with Gasteiger partial charge in [-0.1, -0.05) is 23.9 Å². The number of H-pyrrole nitrogens is 1. The third-order valence-corrected chi connectivity index (χ3v) is 5.78. The van der Waals surface area contributed by atoms with E-state index >= 15 is 0 Å². The molecule has 0 spiro atoms. The number of imidazole rings is 1. The predicted molar refractivity (Wildman–Crippen MR) is 95.8 cm³/mol. The number of rotatable bonds is 3. The van der Waals surface area contributed by atoms with Gasteiger partial charge in [-0.3, -0.25) is 0 Å². The Hall–Kier alpha value is -1.74. The van der Waals surface area contributed by atoms with Crippen molar-refractivity contribution in [3.05, 3.63) is 57.6 Å². The Labute approximate surface area is 136 Å². The van der Waals surface area contributed by atoms with E-state index in [9.17, 15) is 0 Å². The smallest absolute Gasteiger partial charge is 0.166 e. The number of nitrogens with one attached hydrogen (secondary N) is 1. The molecule has 1 N–H and O–H groups in total. The quantitative estimate of drug-likeness (QED) is 0.656. The van der Waals surface area contributed by atoms with Crippen molar-refractivity contribution in [3.63, 3.8) is 0 Å². The second-order valence-electron chi connectivity index (χ2n) is 5.95. The van der Waals surface area contributed by atoms with Gasteiger partial charge in [0.05, 0.1) is 11.0 Å². The molecule has 0 unspecified atom stereocenters. The Morgan fingerprint density at radius 1 is 0.864 bits per heavy atom. The summed E-state index contributed by atoms with van der Waals surface area (Å²) < 4.78 is 0. The van der Waals surface area contributed by atoms with Crippen LogP contribution in [0.1, 0.15) is 33.4 Å². The van der Waals surface area contributed by atoms with Crippen LogP contribution in [0.15, 0.2) is 29.4 Å². The maximum atomic E-state index is 4.66. The number of aromatic nitrogens is 2. The van der Waals surface area contributed by atoms with Crippen LogP contribution in [0, 0.1) is 34.6 Å². The summed E-state index contributed by atoms with van der Waals surface area (Å²) in [6.45, 7) is 11.2. The van der Waals surface area contributed by atoms with E-state index in [2.05, 4.69) is 50.7 Å². The van der Waals surface area contributed by atoms with E-state index in [4.69, 9.17) is 0 Å². The number of benzene rings is 2. The highest BCUT2D eigenvalue weighted by atomic mass is 32.2. The number of thioether (sulfide) groups is 1. The molecule has 0 saturated carbocycles. The Kier molecular flexibility index (Phi) is 4.00. The SMILES string of the molecule is Cc1c(C)c(C)c(CSc2nc3ccccc3[nH]2)c(C)c1C. The van der Waals surface area contributed by atoms with Crippen molar-refractivity contribution in [2.75, 3.05) is 0 Å². The van der Waals surface area contributed by atoms with Crippen LogP contribution in [0.4, 0.5) is 0 Å². The number of aromatic amines is 1. The number of fused-ring (bicyclic) bond motifs is 1. The lowest BCUT2D eigenvalue weighted by Crippen LogP contribution is -2.01. The molecule has 0 saturated heterocycles. The van der Waals surface area contributed by atoms with Gasteiger partial charge in [-0.2, -0.15) is 0 Å². The molecule has 0 aliphatic carbocycles. The van der Waals surface area contributed by atoms with E-state index in [1.165, 1.54) is 33.4 Å². The average molecular weight is 310 g/mol. The highest BCUT2D eigenvalue weighted by molar-refractivity contribution is 7.98. The summed E-state index contributed by atoms with van der Waals surface area (Å²) >= 11 is 1.78. The van der Waals surface area contributed by atoms with Crippen LogP contribution in [0.3, 0.4) is 0 Å². The fourth-order valence-corrected chi connectivity index (χ4v) is 3.99. The zero-order chi connectivity index (χ0) is 15.9. The minimum Gasteiger partial charge on any atom is -0.333 e. The summed E-state index contributed by atoms with van der Waals surface area (Å²) in [7, 11) is 0. The summed E-state index contributed by atoms with van der Waals surface area (Å²) in [6, 6.07) is 8.18. The van der Waals surface area contributed by atoms with Gasteiger partial charge >= 0.3 is 0 Å². The lowest BCUT2D eigenvalue weighted by molar-refractivity contribution is 1.07. The number of para-hydroxylation sites is 2. The van der Waals surface area contributed by atoms with Crippen molar-refractivity contribution in [1.29, 1.82) is 0 Å². The zero-order valence-corrected chi connectivity index (χ0v) is 14.7. The van der Waals surface area contributed by atoms with Crippen molar-refractivity contribution < 1.29 is 0 Å². The number of hydrogen-bond acceptors (Lipinski definition) is 2. The topological polar surface area (TPSA) is 28.7 Å². The van der Waals surface area contributed by atoms with Crippen LogP contribution in [0.5, 0.6) is 0 Å². The highest BCUT2D eigenvalue weighted by Gasteiger charge is 2.13. The van der Waals surface area contributed by atoms with Gasteiger partial charge in [0.1, 0.15) is 0 Å². The summed E-state index contributed by atoms with van der Waals surface area (Å²) in [5.74, 6) is 0.958. The molecule has 0 atom stereocenters. The molecule has 2 nitrogen and oxygen atoms in total. The van der Waals surface area contributed by atoms with Crippen molar-refractivity contribution in [3.8, 4) is 0 Å². The molecular weight excluding hydrogens is 288 g/mol. The van der Waals surface area contributed by atoms with Crippen LogP contribution in [0.2, 0.25) is 0 Å². The second kappa shape index (κ2) is 5.81. The summed E-state index contributed by atoms with van der Waals surface area (Å²) in [4.78, 5) is 8.05. The van der Waals surface area contributed by atoms with E-state index in [1.807, 2.05) is 18.2 Å². The molecule has 3 heteroatoms. The Morgan fingerprint density at radius 2 is 1.45 bits per heavy atom. The molecule has 0 aliphatic rings. The highest BCUT2D eigenvalue weighted by Crippen LogP contribution is 2.31. The maximum absolute atomic E-state index is 4.66. The molecule has 3 rings (SSSR count). The standard InChI is InChI=1S/C19H22N2S/c1-11-12(2)14(4)16(15(5)13(11)3)10-22-19-20-17-8-6-7-9-18(17)21-19/h6-9H,10H2,1-5H3,(H,20,21). The van der Waals surface area contributed by atoms with E-state index in [0.29, 0.717) is 0 Å². The lowest BCUT2D eigenvalue weighted by atomic mass is 9.90.